The highest BCUT2D eigenvalue weighted by molar-refractivity contribution is 5.88. The fraction of sp³-hybridized carbons (Fsp3) is 0.333. The van der Waals surface area contributed by atoms with Gasteiger partial charge in [0.2, 0.25) is 0 Å². The van der Waals surface area contributed by atoms with Crippen LogP contribution in [0, 0.1) is 18.3 Å². The van der Waals surface area contributed by atoms with Gasteiger partial charge in [0.15, 0.2) is 5.82 Å². The predicted octanol–water partition coefficient (Wildman–Crippen LogP) is 6.61. The molecule has 2 heterocycles. The van der Waals surface area contributed by atoms with Crippen LogP contribution in [0.2, 0.25) is 0 Å². The molecule has 0 bridgehead atoms. The first-order valence-corrected chi connectivity index (χ1v) is 13.0. The molecule has 9 nitrogen and oxygen atoms in total. The van der Waals surface area contributed by atoms with Crippen LogP contribution in [0.5, 0.6) is 11.5 Å². The van der Waals surface area contributed by atoms with E-state index < -0.39 is 11.6 Å². The zero-order valence-corrected chi connectivity index (χ0v) is 22.6. The number of fused-ring (bicyclic) bond motifs is 1. The lowest BCUT2D eigenvalue weighted by molar-refractivity contribution is 0.0981. The maximum Gasteiger partial charge on any atom is 0.407 e. The molecule has 2 aromatic carbocycles. The summed E-state index contributed by atoms with van der Waals surface area (Å²) in [5.41, 5.74) is 3.49. The number of benzene rings is 2. The smallest absolute Gasteiger partial charge is 0.407 e. The van der Waals surface area contributed by atoms with Gasteiger partial charge in [-0.3, -0.25) is 0 Å². The van der Waals surface area contributed by atoms with Crippen molar-refractivity contribution >= 4 is 28.6 Å². The van der Waals surface area contributed by atoms with Crippen molar-refractivity contribution in [1.82, 2.24) is 19.4 Å². The van der Waals surface area contributed by atoms with Gasteiger partial charge in [-0.25, -0.2) is 14.8 Å². The van der Waals surface area contributed by atoms with Crippen LogP contribution in [0.4, 0.5) is 16.3 Å². The third-order valence-electron chi connectivity index (χ3n) is 7.17. The van der Waals surface area contributed by atoms with Crippen molar-refractivity contribution in [2.75, 3.05) is 11.9 Å². The molecule has 2 N–H and O–H groups in total. The van der Waals surface area contributed by atoms with Gasteiger partial charge in [0.05, 0.1) is 17.0 Å². The predicted molar refractivity (Wildman–Crippen MR) is 150 cm³/mol. The molecule has 5 rings (SSSR count). The van der Waals surface area contributed by atoms with Crippen molar-refractivity contribution in [2.45, 2.75) is 58.0 Å². The van der Waals surface area contributed by atoms with Gasteiger partial charge in [-0.2, -0.15) is 5.26 Å². The topological polar surface area (TPSA) is 116 Å². The molecule has 0 atom stereocenters. The van der Waals surface area contributed by atoms with Crippen LogP contribution >= 0.6 is 0 Å². The molecule has 9 heteroatoms. The summed E-state index contributed by atoms with van der Waals surface area (Å²) in [5, 5.41) is 22.6. The maximum absolute atomic E-state index is 11.8. The molecule has 2 aromatic heterocycles. The van der Waals surface area contributed by atoms with E-state index in [1.54, 1.807) is 0 Å². The number of hydrogen-bond acceptors (Lipinski definition) is 6. The number of anilines is 2. The molecular formula is C30H32N6O3. The largest absolute Gasteiger partial charge is 0.465 e. The van der Waals surface area contributed by atoms with E-state index in [0.717, 1.165) is 46.4 Å². The molecule has 200 valence electrons. The number of nitrogens with one attached hydrogen (secondary N) is 1. The van der Waals surface area contributed by atoms with Crippen LogP contribution < -0.4 is 10.1 Å². The highest BCUT2D eigenvalue weighted by Gasteiger charge is 2.45. The Kier molecular flexibility index (Phi) is 6.64. The Morgan fingerprint density at radius 3 is 2.67 bits per heavy atom. The van der Waals surface area contributed by atoms with Crippen molar-refractivity contribution < 1.29 is 14.6 Å². The fourth-order valence-corrected chi connectivity index (χ4v) is 4.79. The summed E-state index contributed by atoms with van der Waals surface area (Å²) < 4.78 is 8.16. The van der Waals surface area contributed by atoms with Crippen molar-refractivity contribution in [3.63, 3.8) is 0 Å². The monoisotopic (exact) mass is 524 g/mol. The van der Waals surface area contributed by atoms with E-state index in [9.17, 15) is 15.2 Å². The van der Waals surface area contributed by atoms with Gasteiger partial charge in [-0.1, -0.05) is 12.1 Å². The molecule has 0 radical (unpaired) electrons. The molecule has 1 saturated carbocycles. The van der Waals surface area contributed by atoms with Gasteiger partial charge in [0.1, 0.15) is 23.3 Å². The standard InChI is InChI=1S/C30H32N6O3/c1-20-16-22(8-9-25(20)39-23-7-5-6-21(17-23)30(18-31)11-12-30)34-27-26-24(32-19-33-27)10-13-35(26)14-15-36(28(37)38)29(2,3)4/h5-10,13,16-17,19H,11-12,14-15H2,1-4H3,(H,37,38)(H,32,33,34). The molecule has 1 amide bonds. The summed E-state index contributed by atoms with van der Waals surface area (Å²) in [6.45, 7) is 8.42. The van der Waals surface area contributed by atoms with Crippen molar-refractivity contribution in [1.29, 1.82) is 5.26 Å². The number of carboxylic acid groups (broad SMARTS) is 1. The Labute approximate surface area is 227 Å². The number of aromatic nitrogens is 3. The molecule has 1 aliphatic carbocycles. The zero-order valence-electron chi connectivity index (χ0n) is 22.6. The minimum absolute atomic E-state index is 0.332. The molecule has 1 fully saturated rings. The third-order valence-corrected chi connectivity index (χ3v) is 7.17. The lowest BCUT2D eigenvalue weighted by Gasteiger charge is -2.33. The molecule has 0 unspecified atom stereocenters. The minimum Gasteiger partial charge on any atom is -0.465 e. The first-order chi connectivity index (χ1) is 18.6. The number of nitriles is 1. The quantitative estimate of drug-likeness (QED) is 0.266. The summed E-state index contributed by atoms with van der Waals surface area (Å²) in [5.74, 6) is 2.07. The van der Waals surface area contributed by atoms with Gasteiger partial charge >= 0.3 is 6.09 Å². The molecule has 0 saturated heterocycles. The van der Waals surface area contributed by atoms with Gasteiger partial charge in [0.25, 0.3) is 0 Å². The molecule has 4 aromatic rings. The Morgan fingerprint density at radius 1 is 1.21 bits per heavy atom. The van der Waals surface area contributed by atoms with Crippen LogP contribution in [-0.4, -0.2) is 42.7 Å². The van der Waals surface area contributed by atoms with E-state index in [0.29, 0.717) is 24.7 Å². The number of rotatable bonds is 8. The highest BCUT2D eigenvalue weighted by Crippen LogP contribution is 2.48. The van der Waals surface area contributed by atoms with Crippen LogP contribution in [0.1, 0.15) is 44.7 Å². The molecule has 1 aliphatic rings. The second kappa shape index (κ2) is 9.95. The van der Waals surface area contributed by atoms with E-state index >= 15 is 0 Å². The summed E-state index contributed by atoms with van der Waals surface area (Å²) >= 11 is 0. The average molecular weight is 525 g/mol. The first kappa shape index (κ1) is 26.0. The van der Waals surface area contributed by atoms with Crippen LogP contribution in [-0.2, 0) is 12.0 Å². The lowest BCUT2D eigenvalue weighted by Crippen LogP contribution is -2.46. The van der Waals surface area contributed by atoms with Gasteiger partial charge in [0, 0.05) is 30.5 Å². The van der Waals surface area contributed by atoms with E-state index in [1.165, 1.54) is 11.2 Å². The van der Waals surface area contributed by atoms with Gasteiger partial charge in [-0.05, 0) is 88.1 Å². The van der Waals surface area contributed by atoms with Crippen molar-refractivity contribution in [3.05, 3.63) is 72.2 Å². The SMILES string of the molecule is Cc1cc(Nc2ncnc3ccn(CCN(C(=O)O)C(C)(C)C)c23)ccc1Oc1cccc(C2(C#N)CC2)c1. The van der Waals surface area contributed by atoms with E-state index in [4.69, 9.17) is 4.74 Å². The number of hydrogen-bond donors (Lipinski definition) is 2. The summed E-state index contributed by atoms with van der Waals surface area (Å²) in [6, 6.07) is 17.9. The average Bonchev–Trinajstić information content (AvgIpc) is 3.59. The number of aryl methyl sites for hydroxylation is 1. The Balaban J connectivity index is 1.35. The van der Waals surface area contributed by atoms with E-state index in [2.05, 4.69) is 21.4 Å². The van der Waals surface area contributed by atoms with Gasteiger partial charge < -0.3 is 24.6 Å². The van der Waals surface area contributed by atoms with Crippen LogP contribution in [0.3, 0.4) is 0 Å². The number of nitrogens with zero attached hydrogens (tertiary/aromatic N) is 5. The number of carbonyl (C=O) groups is 1. The molecule has 39 heavy (non-hydrogen) atoms. The van der Waals surface area contributed by atoms with E-state index in [-0.39, 0.29) is 5.41 Å². The number of amides is 1. The maximum atomic E-state index is 11.8. The Bertz CT molecular complexity index is 1580. The molecular weight excluding hydrogens is 492 g/mol. The van der Waals surface area contributed by atoms with Gasteiger partial charge in [-0.15, -0.1) is 0 Å². The lowest BCUT2D eigenvalue weighted by atomic mass is 9.98. The van der Waals surface area contributed by atoms with Crippen LogP contribution in [0.25, 0.3) is 11.0 Å². The second-order valence-corrected chi connectivity index (χ2v) is 11.0. The van der Waals surface area contributed by atoms with E-state index in [1.807, 2.05) is 87.0 Å². The Morgan fingerprint density at radius 2 is 2.00 bits per heavy atom. The molecule has 0 aliphatic heterocycles. The second-order valence-electron chi connectivity index (χ2n) is 11.0. The summed E-state index contributed by atoms with van der Waals surface area (Å²) in [7, 11) is 0. The first-order valence-electron chi connectivity index (χ1n) is 13.0. The summed E-state index contributed by atoms with van der Waals surface area (Å²) in [4.78, 5) is 22.1. The minimum atomic E-state index is -0.949. The normalized spacial score (nSPS) is 14.0. The fourth-order valence-electron chi connectivity index (χ4n) is 4.79. The van der Waals surface area contributed by atoms with Crippen molar-refractivity contribution in [3.8, 4) is 17.6 Å². The van der Waals surface area contributed by atoms with Crippen molar-refractivity contribution in [2.24, 2.45) is 0 Å². The van der Waals surface area contributed by atoms with Crippen LogP contribution in [0.15, 0.2) is 61.1 Å². The Hall–Kier alpha value is -4.58. The zero-order chi connectivity index (χ0) is 27.8. The highest BCUT2D eigenvalue weighted by atomic mass is 16.5. The summed E-state index contributed by atoms with van der Waals surface area (Å²) in [6.07, 6.45) is 4.25. The number of ether oxygens (including phenoxy) is 1. The molecule has 0 spiro atoms. The third kappa shape index (κ3) is 5.36.